The average molecular weight is 409 g/mol. The molecule has 158 valence electrons. The van der Waals surface area contributed by atoms with E-state index in [1.54, 1.807) is 12.4 Å². The van der Waals surface area contributed by atoms with E-state index in [4.69, 9.17) is 4.74 Å². The summed E-state index contributed by atoms with van der Waals surface area (Å²) >= 11 is 0. The Kier molecular flexibility index (Phi) is 6.50. The van der Waals surface area contributed by atoms with Crippen LogP contribution in [0.5, 0.6) is 0 Å². The van der Waals surface area contributed by atoms with Crippen molar-refractivity contribution in [2.24, 2.45) is 5.92 Å². The molecule has 0 amide bonds. The molecule has 0 radical (unpaired) electrons. The molecule has 0 saturated heterocycles. The molecule has 30 heavy (non-hydrogen) atoms. The highest BCUT2D eigenvalue weighted by atomic mass is 16.5. The average Bonchev–Trinajstić information content (AvgIpc) is 3.22. The van der Waals surface area contributed by atoms with Crippen LogP contribution in [0.4, 0.5) is 0 Å². The second-order valence-corrected chi connectivity index (χ2v) is 8.06. The molecular weight excluding hydrogens is 380 g/mol. The Morgan fingerprint density at radius 2 is 1.97 bits per heavy atom. The number of aliphatic hydroxyl groups is 1. The van der Waals surface area contributed by atoms with Crippen molar-refractivity contribution in [3.05, 3.63) is 48.3 Å². The number of aromatic nitrogens is 4. The van der Waals surface area contributed by atoms with Crippen molar-refractivity contribution in [2.45, 2.75) is 57.7 Å². The first-order valence-electron chi connectivity index (χ1n) is 10.7. The fourth-order valence-corrected chi connectivity index (χ4v) is 4.04. The molecule has 1 N–H and O–H groups in total. The summed E-state index contributed by atoms with van der Waals surface area (Å²) in [6.07, 6.45) is 12.8. The zero-order valence-electron chi connectivity index (χ0n) is 17.3. The Morgan fingerprint density at radius 3 is 2.67 bits per heavy atom. The summed E-state index contributed by atoms with van der Waals surface area (Å²) in [5, 5.41) is 14.1. The molecule has 3 heterocycles. The van der Waals surface area contributed by atoms with Gasteiger partial charge in [-0.2, -0.15) is 5.10 Å². The lowest BCUT2D eigenvalue weighted by Gasteiger charge is -2.24. The zero-order chi connectivity index (χ0) is 20.9. The van der Waals surface area contributed by atoms with Crippen LogP contribution in [-0.2, 0) is 16.1 Å². The first-order chi connectivity index (χ1) is 14.7. The first kappa shape index (κ1) is 20.6. The maximum atomic E-state index is 11.0. The lowest BCUT2D eigenvalue weighted by atomic mass is 9.79. The van der Waals surface area contributed by atoms with E-state index < -0.39 is 6.10 Å². The highest BCUT2D eigenvalue weighted by molar-refractivity contribution is 5.70. The fourth-order valence-electron chi connectivity index (χ4n) is 4.04. The number of fused-ring (bicyclic) bond motifs is 1. The van der Waals surface area contributed by atoms with Gasteiger partial charge in [0.05, 0.1) is 24.4 Å². The molecule has 0 aliphatic heterocycles. The normalized spacial score (nSPS) is 20.3. The van der Waals surface area contributed by atoms with E-state index in [9.17, 15) is 9.90 Å². The van der Waals surface area contributed by atoms with Crippen LogP contribution < -0.4 is 0 Å². The van der Waals surface area contributed by atoms with Crippen LogP contribution >= 0.6 is 0 Å². The third-order valence-electron chi connectivity index (χ3n) is 6.01. The molecule has 0 aromatic carbocycles. The minimum Gasteiger partial charge on any atom is -0.391 e. The van der Waals surface area contributed by atoms with Crippen LogP contribution in [0.1, 0.15) is 56.3 Å². The van der Waals surface area contributed by atoms with Gasteiger partial charge in [-0.05, 0) is 55.7 Å². The van der Waals surface area contributed by atoms with E-state index in [1.807, 2.05) is 29.9 Å². The largest absolute Gasteiger partial charge is 0.391 e. The molecule has 7 heteroatoms. The number of hydrogen-bond acceptors (Lipinski definition) is 6. The molecule has 1 saturated carbocycles. The second kappa shape index (κ2) is 9.45. The van der Waals surface area contributed by atoms with Gasteiger partial charge in [0.15, 0.2) is 5.82 Å². The van der Waals surface area contributed by atoms with Crippen molar-refractivity contribution in [3.63, 3.8) is 0 Å². The van der Waals surface area contributed by atoms with Crippen LogP contribution in [0.2, 0.25) is 0 Å². The van der Waals surface area contributed by atoms with E-state index in [1.165, 1.54) is 5.56 Å². The van der Waals surface area contributed by atoms with Crippen molar-refractivity contribution in [2.75, 3.05) is 6.61 Å². The van der Waals surface area contributed by atoms with E-state index in [0.717, 1.165) is 48.6 Å². The summed E-state index contributed by atoms with van der Waals surface area (Å²) in [6, 6.07) is 4.15. The Morgan fingerprint density at radius 1 is 1.20 bits per heavy atom. The highest BCUT2D eigenvalue weighted by Crippen LogP contribution is 2.37. The third-order valence-corrected chi connectivity index (χ3v) is 6.01. The summed E-state index contributed by atoms with van der Waals surface area (Å²) < 4.78 is 7.36. The van der Waals surface area contributed by atoms with E-state index in [-0.39, 0.29) is 19.1 Å². The Balaban J connectivity index is 1.49. The van der Waals surface area contributed by atoms with Crippen LogP contribution in [-0.4, -0.2) is 43.7 Å². The Bertz CT molecular complexity index is 978. The van der Waals surface area contributed by atoms with Gasteiger partial charge >= 0.3 is 0 Å². The van der Waals surface area contributed by atoms with E-state index in [2.05, 4.69) is 21.1 Å². The van der Waals surface area contributed by atoms with Crippen molar-refractivity contribution < 1.29 is 14.6 Å². The minimum absolute atomic E-state index is 0.212. The molecule has 7 nitrogen and oxygen atoms in total. The monoisotopic (exact) mass is 408 g/mol. The lowest BCUT2D eigenvalue weighted by Crippen LogP contribution is -2.14. The van der Waals surface area contributed by atoms with Crippen molar-refractivity contribution in [1.29, 1.82) is 0 Å². The second-order valence-electron chi connectivity index (χ2n) is 8.06. The number of rotatable bonds is 8. The van der Waals surface area contributed by atoms with Crippen molar-refractivity contribution in [1.82, 2.24) is 19.6 Å². The lowest BCUT2D eigenvalue weighted by molar-refractivity contribution is -0.111. The Hall–Kier alpha value is -2.64. The molecule has 0 spiro atoms. The smallest absolute Gasteiger partial charge is 0.153 e. The molecule has 3 aromatic rings. The summed E-state index contributed by atoms with van der Waals surface area (Å²) in [4.78, 5) is 19.9. The molecule has 1 aliphatic carbocycles. The molecule has 0 bridgehead atoms. The number of nitrogens with zero attached hydrogens (tertiary/aromatic N) is 4. The molecule has 1 aliphatic rings. The van der Waals surface area contributed by atoms with Crippen molar-refractivity contribution in [3.8, 4) is 11.1 Å². The number of hydrogen-bond donors (Lipinski definition) is 1. The van der Waals surface area contributed by atoms with Crippen LogP contribution in [0.25, 0.3) is 16.6 Å². The van der Waals surface area contributed by atoms with Crippen LogP contribution in [0.3, 0.4) is 0 Å². The fraction of sp³-hybridized carbons (Fsp3) is 0.478. The molecule has 3 aromatic heterocycles. The van der Waals surface area contributed by atoms with Gasteiger partial charge in [-0.3, -0.25) is 0 Å². The molecule has 0 unspecified atom stereocenters. The summed E-state index contributed by atoms with van der Waals surface area (Å²) in [7, 11) is 0. The van der Waals surface area contributed by atoms with Crippen molar-refractivity contribution >= 4 is 11.8 Å². The SMILES string of the molecule is CC[C@H](O)COCc1ncc(-c2ccn3ncc(C4CCC(C=O)CC4)c3c2)cn1. The predicted octanol–water partition coefficient (Wildman–Crippen LogP) is 3.55. The topological polar surface area (TPSA) is 89.6 Å². The van der Waals surface area contributed by atoms with Gasteiger partial charge in [0.2, 0.25) is 0 Å². The molecule has 1 fully saturated rings. The highest BCUT2D eigenvalue weighted by Gasteiger charge is 2.24. The quantitative estimate of drug-likeness (QED) is 0.573. The van der Waals surface area contributed by atoms with Gasteiger partial charge in [-0.15, -0.1) is 0 Å². The number of pyridine rings is 1. The molecule has 4 rings (SSSR count). The zero-order valence-corrected chi connectivity index (χ0v) is 17.3. The maximum absolute atomic E-state index is 11.0. The van der Waals surface area contributed by atoms with Crippen LogP contribution in [0.15, 0.2) is 36.9 Å². The number of carbonyl (C=O) groups is 1. The third kappa shape index (κ3) is 4.57. The number of ether oxygens (including phenoxy) is 1. The summed E-state index contributed by atoms with van der Waals surface area (Å²) in [5.41, 5.74) is 4.33. The number of aliphatic hydroxyl groups excluding tert-OH is 1. The number of aldehydes is 1. The summed E-state index contributed by atoms with van der Waals surface area (Å²) in [5.74, 6) is 1.26. The molecule has 1 atom stereocenters. The van der Waals surface area contributed by atoms with Gasteiger partial charge in [-0.1, -0.05) is 6.92 Å². The number of carbonyl (C=O) groups excluding carboxylic acids is 1. The summed E-state index contributed by atoms with van der Waals surface area (Å²) in [6.45, 7) is 2.49. The van der Waals surface area contributed by atoms with Crippen LogP contribution in [0, 0.1) is 5.92 Å². The predicted molar refractivity (Wildman–Crippen MR) is 113 cm³/mol. The maximum Gasteiger partial charge on any atom is 0.153 e. The van der Waals surface area contributed by atoms with Gasteiger partial charge < -0.3 is 14.6 Å². The minimum atomic E-state index is -0.450. The van der Waals surface area contributed by atoms with Gasteiger partial charge in [0, 0.05) is 35.6 Å². The first-order valence-corrected chi connectivity index (χ1v) is 10.7. The Labute approximate surface area is 176 Å². The molecular formula is C23H28N4O3. The van der Waals surface area contributed by atoms with E-state index >= 15 is 0 Å². The van der Waals surface area contributed by atoms with Gasteiger partial charge in [0.25, 0.3) is 0 Å². The van der Waals surface area contributed by atoms with E-state index in [0.29, 0.717) is 18.2 Å². The standard InChI is InChI=1S/C23H28N4O3/c1-2-20(29)14-30-15-23-24-10-19(11-25-23)18-7-8-27-22(9-18)21(12-26-27)17-5-3-16(13-28)4-6-17/h7-13,16-17,20,29H,2-6,14-15H2,1H3/t16?,17?,20-/m0/s1. The van der Waals surface area contributed by atoms with Gasteiger partial charge in [0.1, 0.15) is 12.9 Å². The van der Waals surface area contributed by atoms with Gasteiger partial charge in [-0.25, -0.2) is 14.5 Å².